The average Bonchev–Trinajstić information content (AvgIpc) is 2.91. The number of amidine groups is 1. The fourth-order valence-electron chi connectivity index (χ4n) is 2.63. The van der Waals surface area contributed by atoms with Gasteiger partial charge in [0.25, 0.3) is 0 Å². The van der Waals surface area contributed by atoms with E-state index in [-0.39, 0.29) is 18.5 Å². The molecule has 1 aromatic heterocycles. The number of aryl methyl sites for hydroxylation is 2. The smallest absolute Gasteiger partial charge is 0.175 e. The number of hydrogen-bond acceptors (Lipinski definition) is 5. The van der Waals surface area contributed by atoms with E-state index in [0.29, 0.717) is 11.3 Å². The first kappa shape index (κ1) is 12.7. The number of aliphatic hydroxyl groups is 1. The summed E-state index contributed by atoms with van der Waals surface area (Å²) in [6.45, 7) is 2.76. The Morgan fingerprint density at radius 1 is 1.61 bits per heavy atom. The molecule has 4 N–H and O–H groups in total. The van der Waals surface area contributed by atoms with Crippen molar-refractivity contribution in [3.05, 3.63) is 11.3 Å². The Bertz CT molecular complexity index is 468. The first-order valence-electron chi connectivity index (χ1n) is 5.99. The van der Waals surface area contributed by atoms with Gasteiger partial charge in [-0.05, 0) is 19.8 Å². The van der Waals surface area contributed by atoms with Crippen LogP contribution in [0.25, 0.3) is 0 Å². The second kappa shape index (κ2) is 4.85. The third-order valence-electron chi connectivity index (χ3n) is 3.42. The normalized spacial score (nSPS) is 20.7. The summed E-state index contributed by atoms with van der Waals surface area (Å²) in [6, 6.07) is 0.0741. The van der Waals surface area contributed by atoms with E-state index in [4.69, 9.17) is 10.9 Å². The standard InChI is InChI=1S/C11H19N5O2/c1-7-9(10(12)14-18)11(15(2)13-7)16-5-3-4-8(16)6-17/h8,17-18H,3-6H2,1-2H3,(H2,12,14). The number of aromatic nitrogens is 2. The summed E-state index contributed by atoms with van der Waals surface area (Å²) in [5.74, 6) is 0.860. The van der Waals surface area contributed by atoms with Crippen LogP contribution in [0.15, 0.2) is 5.16 Å². The topological polar surface area (TPSA) is 99.9 Å². The molecule has 1 aromatic rings. The Balaban J connectivity index is 2.49. The molecule has 0 radical (unpaired) electrons. The molecule has 0 spiro atoms. The predicted molar refractivity (Wildman–Crippen MR) is 67.9 cm³/mol. The van der Waals surface area contributed by atoms with Crippen molar-refractivity contribution in [3.63, 3.8) is 0 Å². The van der Waals surface area contributed by atoms with E-state index >= 15 is 0 Å². The number of oxime groups is 1. The highest BCUT2D eigenvalue weighted by atomic mass is 16.4. The first-order chi connectivity index (χ1) is 8.60. The van der Waals surface area contributed by atoms with Crippen molar-refractivity contribution in [1.29, 1.82) is 0 Å². The first-order valence-corrected chi connectivity index (χ1v) is 5.99. The summed E-state index contributed by atoms with van der Waals surface area (Å²) < 4.78 is 1.72. The molecule has 0 bridgehead atoms. The average molecular weight is 253 g/mol. The Morgan fingerprint density at radius 2 is 2.33 bits per heavy atom. The van der Waals surface area contributed by atoms with Crippen LogP contribution in [0.3, 0.4) is 0 Å². The summed E-state index contributed by atoms with van der Waals surface area (Å²) in [5.41, 5.74) is 7.07. The van der Waals surface area contributed by atoms with Crippen LogP contribution in [0.4, 0.5) is 5.82 Å². The molecule has 0 amide bonds. The largest absolute Gasteiger partial charge is 0.409 e. The lowest BCUT2D eigenvalue weighted by molar-refractivity contribution is 0.265. The quantitative estimate of drug-likeness (QED) is 0.299. The molecule has 0 aromatic carbocycles. The second-order valence-electron chi connectivity index (χ2n) is 4.56. The molecule has 100 valence electrons. The van der Waals surface area contributed by atoms with E-state index in [1.165, 1.54) is 0 Å². The van der Waals surface area contributed by atoms with Crippen molar-refractivity contribution in [1.82, 2.24) is 9.78 Å². The second-order valence-corrected chi connectivity index (χ2v) is 4.56. The maximum Gasteiger partial charge on any atom is 0.175 e. The molecule has 1 unspecified atom stereocenters. The Morgan fingerprint density at radius 3 is 2.94 bits per heavy atom. The molecular formula is C11H19N5O2. The SMILES string of the molecule is Cc1nn(C)c(N2CCCC2CO)c1C(N)=NO. The van der Waals surface area contributed by atoms with E-state index in [2.05, 4.69) is 15.2 Å². The van der Waals surface area contributed by atoms with Crippen molar-refractivity contribution in [3.8, 4) is 0 Å². The number of aliphatic hydroxyl groups excluding tert-OH is 1. The third kappa shape index (κ3) is 1.90. The number of nitrogens with two attached hydrogens (primary N) is 1. The van der Waals surface area contributed by atoms with Crippen LogP contribution in [0.5, 0.6) is 0 Å². The lowest BCUT2D eigenvalue weighted by Gasteiger charge is -2.26. The highest BCUT2D eigenvalue weighted by Gasteiger charge is 2.30. The minimum Gasteiger partial charge on any atom is -0.409 e. The van der Waals surface area contributed by atoms with Crippen molar-refractivity contribution in [2.75, 3.05) is 18.1 Å². The van der Waals surface area contributed by atoms with Crippen LogP contribution in [-0.2, 0) is 7.05 Å². The van der Waals surface area contributed by atoms with Crippen LogP contribution < -0.4 is 10.6 Å². The maximum absolute atomic E-state index is 9.40. The highest BCUT2D eigenvalue weighted by Crippen LogP contribution is 2.29. The van der Waals surface area contributed by atoms with E-state index in [1.54, 1.807) is 4.68 Å². The number of nitrogens with zero attached hydrogens (tertiary/aromatic N) is 4. The molecule has 0 aliphatic carbocycles. The van der Waals surface area contributed by atoms with Gasteiger partial charge < -0.3 is 20.9 Å². The predicted octanol–water partition coefficient (Wildman–Crippen LogP) is -0.216. The third-order valence-corrected chi connectivity index (χ3v) is 3.42. The van der Waals surface area contributed by atoms with Crippen LogP contribution in [-0.4, -0.2) is 45.1 Å². The Labute approximate surface area is 105 Å². The summed E-state index contributed by atoms with van der Waals surface area (Å²) >= 11 is 0. The van der Waals surface area contributed by atoms with Crippen LogP contribution in [0.1, 0.15) is 24.1 Å². The molecule has 1 saturated heterocycles. The molecular weight excluding hydrogens is 234 g/mol. The van der Waals surface area contributed by atoms with Crippen molar-refractivity contribution < 1.29 is 10.3 Å². The Hall–Kier alpha value is -1.76. The van der Waals surface area contributed by atoms with Crippen molar-refractivity contribution in [2.45, 2.75) is 25.8 Å². The van der Waals surface area contributed by atoms with Gasteiger partial charge in [-0.3, -0.25) is 4.68 Å². The van der Waals surface area contributed by atoms with Crippen molar-refractivity contribution in [2.24, 2.45) is 17.9 Å². The lowest BCUT2D eigenvalue weighted by atomic mass is 10.2. The maximum atomic E-state index is 9.40. The van der Waals surface area contributed by atoms with Crippen LogP contribution in [0, 0.1) is 6.92 Å². The molecule has 1 aliphatic rings. The van der Waals surface area contributed by atoms with Crippen LogP contribution in [0.2, 0.25) is 0 Å². The van der Waals surface area contributed by atoms with Gasteiger partial charge in [-0.1, -0.05) is 5.16 Å². The Kier molecular flexibility index (Phi) is 3.42. The van der Waals surface area contributed by atoms with Gasteiger partial charge in [0.2, 0.25) is 0 Å². The van der Waals surface area contributed by atoms with Gasteiger partial charge in [-0.25, -0.2) is 0 Å². The number of hydrogen-bond donors (Lipinski definition) is 3. The van der Waals surface area contributed by atoms with Gasteiger partial charge >= 0.3 is 0 Å². The van der Waals surface area contributed by atoms with Crippen LogP contribution >= 0.6 is 0 Å². The molecule has 1 aliphatic heterocycles. The van der Waals surface area contributed by atoms with E-state index in [9.17, 15) is 5.11 Å². The summed E-state index contributed by atoms with van der Waals surface area (Å²) in [7, 11) is 1.82. The molecule has 18 heavy (non-hydrogen) atoms. The molecule has 1 atom stereocenters. The summed E-state index contributed by atoms with van der Waals surface area (Å²) in [5, 5.41) is 25.7. The number of anilines is 1. The zero-order chi connectivity index (χ0) is 13.3. The van der Waals surface area contributed by atoms with Gasteiger partial charge in [0.15, 0.2) is 5.84 Å². The fourth-order valence-corrected chi connectivity index (χ4v) is 2.63. The molecule has 0 saturated carbocycles. The monoisotopic (exact) mass is 253 g/mol. The zero-order valence-corrected chi connectivity index (χ0v) is 10.7. The molecule has 1 fully saturated rings. The fraction of sp³-hybridized carbons (Fsp3) is 0.636. The number of rotatable bonds is 3. The van der Waals surface area contributed by atoms with Crippen molar-refractivity contribution >= 4 is 11.7 Å². The van der Waals surface area contributed by atoms with E-state index in [1.807, 2.05) is 14.0 Å². The highest BCUT2D eigenvalue weighted by molar-refractivity contribution is 6.02. The minimum atomic E-state index is 0.0548. The van der Waals surface area contributed by atoms with Gasteiger partial charge in [0, 0.05) is 13.6 Å². The molecule has 7 heteroatoms. The van der Waals surface area contributed by atoms with Gasteiger partial charge in [-0.15, -0.1) is 0 Å². The summed E-state index contributed by atoms with van der Waals surface area (Å²) in [6.07, 6.45) is 1.96. The summed E-state index contributed by atoms with van der Waals surface area (Å²) in [4.78, 5) is 2.08. The van der Waals surface area contributed by atoms with Gasteiger partial charge in [0.05, 0.1) is 23.9 Å². The molecule has 7 nitrogen and oxygen atoms in total. The minimum absolute atomic E-state index is 0.0548. The van der Waals surface area contributed by atoms with E-state index in [0.717, 1.165) is 25.2 Å². The molecule has 2 rings (SSSR count). The zero-order valence-electron chi connectivity index (χ0n) is 10.7. The lowest BCUT2D eigenvalue weighted by Crippen LogP contribution is -2.35. The van der Waals surface area contributed by atoms with Gasteiger partial charge in [-0.2, -0.15) is 5.10 Å². The van der Waals surface area contributed by atoms with E-state index < -0.39 is 0 Å². The molecule has 2 heterocycles. The van der Waals surface area contributed by atoms with Gasteiger partial charge in [0.1, 0.15) is 5.82 Å².